The van der Waals surface area contributed by atoms with Gasteiger partial charge in [-0.15, -0.1) is 0 Å². The summed E-state index contributed by atoms with van der Waals surface area (Å²) in [5.74, 6) is -0.384. The van der Waals surface area contributed by atoms with Gasteiger partial charge in [0, 0.05) is 5.56 Å². The van der Waals surface area contributed by atoms with Gasteiger partial charge in [-0.1, -0.05) is 48.5 Å². The number of carboxylic acids is 1. The van der Waals surface area contributed by atoms with Gasteiger partial charge < -0.3 is 10.1 Å². The van der Waals surface area contributed by atoms with Crippen molar-refractivity contribution in [2.45, 2.75) is 6.92 Å². The zero-order valence-corrected chi connectivity index (χ0v) is 11.5. The van der Waals surface area contributed by atoms with Gasteiger partial charge in [-0.05, 0) is 18.6 Å². The molecule has 2 aromatic carbocycles. The Kier molecular flexibility index (Phi) is 3.28. The fraction of sp³-hybridized carbons (Fsp3) is 0.0588. The first-order chi connectivity index (χ1) is 10.2. The highest BCUT2D eigenvalue weighted by Gasteiger charge is 2.15. The van der Waals surface area contributed by atoms with Crippen LogP contribution in [0.3, 0.4) is 0 Å². The Morgan fingerprint density at radius 1 is 1.05 bits per heavy atom. The summed E-state index contributed by atoms with van der Waals surface area (Å²) in [4.78, 5) is 19.0. The van der Waals surface area contributed by atoms with Gasteiger partial charge in [-0.25, -0.2) is 9.78 Å². The minimum absolute atomic E-state index is 0.242. The third-order valence-corrected chi connectivity index (χ3v) is 3.36. The van der Waals surface area contributed by atoms with Crippen LogP contribution in [0.5, 0.6) is 0 Å². The first-order valence-corrected chi connectivity index (χ1v) is 6.61. The Morgan fingerprint density at radius 2 is 1.71 bits per heavy atom. The highest BCUT2D eigenvalue weighted by Crippen LogP contribution is 2.27. The summed E-state index contributed by atoms with van der Waals surface area (Å²) in [6.45, 7) is 1.91. The second kappa shape index (κ2) is 5.25. The van der Waals surface area contributed by atoms with E-state index in [9.17, 15) is 9.90 Å². The highest BCUT2D eigenvalue weighted by molar-refractivity contribution is 5.95. The molecule has 0 radical (unpaired) electrons. The van der Waals surface area contributed by atoms with Crippen LogP contribution < -0.4 is 0 Å². The zero-order valence-electron chi connectivity index (χ0n) is 11.5. The van der Waals surface area contributed by atoms with Crippen LogP contribution in [0, 0.1) is 6.92 Å². The fourth-order valence-electron chi connectivity index (χ4n) is 2.35. The van der Waals surface area contributed by atoms with Gasteiger partial charge in [-0.3, -0.25) is 0 Å². The molecular formula is C17H14N2O2. The van der Waals surface area contributed by atoms with Crippen molar-refractivity contribution >= 4 is 5.97 Å². The number of imidazole rings is 1. The van der Waals surface area contributed by atoms with Gasteiger partial charge in [0.1, 0.15) is 5.82 Å². The standard InChI is InChI=1S/C17H14N2O2/c1-11-15(12-7-3-2-4-8-12)19-16(18-11)13-9-5-6-10-14(13)17(20)21/h2-10H,1H3,(H,18,19)(H,20,21). The molecule has 0 spiro atoms. The van der Waals surface area contributed by atoms with Crippen LogP contribution in [0.25, 0.3) is 22.6 Å². The lowest BCUT2D eigenvalue weighted by Gasteiger charge is -2.02. The van der Waals surface area contributed by atoms with Crippen LogP contribution in [0.1, 0.15) is 16.1 Å². The van der Waals surface area contributed by atoms with E-state index in [1.165, 1.54) is 0 Å². The predicted octanol–water partition coefficient (Wildman–Crippen LogP) is 3.75. The summed E-state index contributed by atoms with van der Waals surface area (Å²) in [6.07, 6.45) is 0. The quantitative estimate of drug-likeness (QED) is 0.766. The Morgan fingerprint density at radius 3 is 2.43 bits per heavy atom. The SMILES string of the molecule is Cc1nc(-c2ccccc2C(=O)O)[nH]c1-c1ccccc1. The summed E-state index contributed by atoms with van der Waals surface area (Å²) in [5.41, 5.74) is 3.62. The molecule has 0 aliphatic carbocycles. The average Bonchev–Trinajstić information content (AvgIpc) is 2.90. The van der Waals surface area contributed by atoms with E-state index in [-0.39, 0.29) is 5.56 Å². The van der Waals surface area contributed by atoms with Gasteiger partial charge in [0.2, 0.25) is 0 Å². The number of carbonyl (C=O) groups is 1. The van der Waals surface area contributed by atoms with E-state index < -0.39 is 5.97 Å². The van der Waals surface area contributed by atoms with Crippen molar-refractivity contribution in [3.05, 3.63) is 65.9 Å². The number of nitrogens with one attached hydrogen (secondary N) is 1. The van der Waals surface area contributed by atoms with Gasteiger partial charge in [0.25, 0.3) is 0 Å². The molecule has 1 heterocycles. The highest BCUT2D eigenvalue weighted by atomic mass is 16.4. The number of nitrogens with zero attached hydrogens (tertiary/aromatic N) is 1. The van der Waals surface area contributed by atoms with E-state index in [2.05, 4.69) is 9.97 Å². The topological polar surface area (TPSA) is 66.0 Å². The first-order valence-electron chi connectivity index (χ1n) is 6.61. The lowest BCUT2D eigenvalue weighted by Crippen LogP contribution is -1.99. The smallest absolute Gasteiger partial charge is 0.336 e. The molecule has 1 aromatic heterocycles. The predicted molar refractivity (Wildman–Crippen MR) is 81.2 cm³/mol. The lowest BCUT2D eigenvalue weighted by atomic mass is 10.1. The van der Waals surface area contributed by atoms with Crippen LogP contribution in [0.15, 0.2) is 54.6 Å². The summed E-state index contributed by atoms with van der Waals surface area (Å²) in [6, 6.07) is 16.7. The van der Waals surface area contributed by atoms with Crippen molar-refractivity contribution in [3.63, 3.8) is 0 Å². The average molecular weight is 278 g/mol. The molecule has 0 saturated heterocycles. The fourth-order valence-corrected chi connectivity index (χ4v) is 2.35. The maximum atomic E-state index is 11.3. The number of carboxylic acid groups (broad SMARTS) is 1. The van der Waals surface area contributed by atoms with E-state index in [0.29, 0.717) is 11.4 Å². The number of hydrogen-bond donors (Lipinski definition) is 2. The Hall–Kier alpha value is -2.88. The maximum Gasteiger partial charge on any atom is 0.336 e. The van der Waals surface area contributed by atoms with Crippen LogP contribution in [-0.2, 0) is 0 Å². The molecule has 3 rings (SSSR count). The van der Waals surface area contributed by atoms with Gasteiger partial charge in [0.05, 0.1) is 17.0 Å². The maximum absolute atomic E-state index is 11.3. The molecule has 0 aliphatic rings. The number of aromatic nitrogens is 2. The Balaban J connectivity index is 2.12. The molecule has 4 nitrogen and oxygen atoms in total. The van der Waals surface area contributed by atoms with Crippen molar-refractivity contribution in [3.8, 4) is 22.6 Å². The number of hydrogen-bond acceptors (Lipinski definition) is 2. The largest absolute Gasteiger partial charge is 0.478 e. The second-order valence-electron chi connectivity index (χ2n) is 4.76. The van der Waals surface area contributed by atoms with Gasteiger partial charge in [-0.2, -0.15) is 0 Å². The minimum Gasteiger partial charge on any atom is -0.478 e. The summed E-state index contributed by atoms with van der Waals surface area (Å²) < 4.78 is 0. The third-order valence-electron chi connectivity index (χ3n) is 3.36. The monoisotopic (exact) mass is 278 g/mol. The van der Waals surface area contributed by atoms with E-state index in [1.807, 2.05) is 43.3 Å². The number of aromatic amines is 1. The minimum atomic E-state index is -0.957. The molecule has 4 heteroatoms. The molecule has 104 valence electrons. The molecule has 0 fully saturated rings. The number of aryl methyl sites for hydroxylation is 1. The zero-order chi connectivity index (χ0) is 14.8. The normalized spacial score (nSPS) is 10.5. The van der Waals surface area contributed by atoms with Crippen molar-refractivity contribution in [1.29, 1.82) is 0 Å². The second-order valence-corrected chi connectivity index (χ2v) is 4.76. The molecule has 0 bridgehead atoms. The number of rotatable bonds is 3. The van der Waals surface area contributed by atoms with E-state index >= 15 is 0 Å². The van der Waals surface area contributed by atoms with Crippen LogP contribution in [-0.4, -0.2) is 21.0 Å². The molecular weight excluding hydrogens is 264 g/mol. The molecule has 0 atom stereocenters. The Labute approximate surface area is 122 Å². The van der Waals surface area contributed by atoms with Gasteiger partial charge >= 0.3 is 5.97 Å². The molecule has 0 unspecified atom stereocenters. The molecule has 3 aromatic rings. The Bertz CT molecular complexity index is 792. The van der Waals surface area contributed by atoms with Crippen molar-refractivity contribution in [2.75, 3.05) is 0 Å². The van der Waals surface area contributed by atoms with E-state index in [0.717, 1.165) is 17.0 Å². The summed E-state index contributed by atoms with van der Waals surface area (Å²) in [7, 11) is 0. The number of aromatic carboxylic acids is 1. The van der Waals surface area contributed by atoms with Crippen molar-refractivity contribution in [2.24, 2.45) is 0 Å². The molecule has 0 saturated carbocycles. The number of H-pyrrole nitrogens is 1. The van der Waals surface area contributed by atoms with E-state index in [1.54, 1.807) is 18.2 Å². The molecule has 21 heavy (non-hydrogen) atoms. The first kappa shape index (κ1) is 13.1. The van der Waals surface area contributed by atoms with Crippen molar-refractivity contribution < 1.29 is 9.90 Å². The molecule has 2 N–H and O–H groups in total. The summed E-state index contributed by atoms with van der Waals surface area (Å²) in [5, 5.41) is 9.28. The van der Waals surface area contributed by atoms with Gasteiger partial charge in [0.15, 0.2) is 0 Å². The van der Waals surface area contributed by atoms with Crippen LogP contribution in [0.4, 0.5) is 0 Å². The number of benzene rings is 2. The molecule has 0 aliphatic heterocycles. The summed E-state index contributed by atoms with van der Waals surface area (Å²) >= 11 is 0. The van der Waals surface area contributed by atoms with Crippen molar-refractivity contribution in [1.82, 2.24) is 9.97 Å². The van der Waals surface area contributed by atoms with E-state index in [4.69, 9.17) is 0 Å². The third kappa shape index (κ3) is 2.43. The van der Waals surface area contributed by atoms with Crippen LogP contribution in [0.2, 0.25) is 0 Å². The van der Waals surface area contributed by atoms with Crippen LogP contribution >= 0.6 is 0 Å². The molecule has 0 amide bonds. The lowest BCUT2D eigenvalue weighted by molar-refractivity contribution is 0.0697.